The summed E-state index contributed by atoms with van der Waals surface area (Å²) in [5.41, 5.74) is 0. The molecule has 0 saturated carbocycles. The first-order valence-electron chi connectivity index (χ1n) is 5.67. The van der Waals surface area contributed by atoms with E-state index in [1.807, 2.05) is 11.9 Å². The van der Waals surface area contributed by atoms with Gasteiger partial charge in [-0.15, -0.1) is 0 Å². The van der Waals surface area contributed by atoms with Gasteiger partial charge in [-0.3, -0.25) is 9.69 Å². The van der Waals surface area contributed by atoms with Crippen molar-refractivity contribution in [2.24, 2.45) is 5.92 Å². The van der Waals surface area contributed by atoms with Crippen LogP contribution in [0, 0.1) is 5.92 Å². The van der Waals surface area contributed by atoms with E-state index in [1.54, 1.807) is 0 Å². The fourth-order valence-corrected chi connectivity index (χ4v) is 2.50. The lowest BCUT2D eigenvalue weighted by molar-refractivity contribution is -0.150. The van der Waals surface area contributed by atoms with E-state index in [0.29, 0.717) is 5.92 Å². The monoisotopic (exact) mass is 212 g/mol. The largest absolute Gasteiger partial charge is 0.365 e. The maximum atomic E-state index is 11.4. The Kier molecular flexibility index (Phi) is 2.98. The number of hydrogen-bond acceptors (Lipinski definition) is 3. The van der Waals surface area contributed by atoms with Crippen LogP contribution < -0.4 is 0 Å². The van der Waals surface area contributed by atoms with Gasteiger partial charge in [-0.25, -0.2) is 0 Å². The average molecular weight is 212 g/mol. The molecule has 4 heteroatoms. The third-order valence-electron chi connectivity index (χ3n) is 3.25. The van der Waals surface area contributed by atoms with Crippen LogP contribution in [0.1, 0.15) is 13.8 Å². The SMILES string of the molecule is CC(C)CN1C[C@@H]2OCC(=O)N(C)[C@@H]2C1. The highest BCUT2D eigenvalue weighted by Gasteiger charge is 2.41. The molecule has 1 amide bonds. The van der Waals surface area contributed by atoms with Crippen LogP contribution in [-0.4, -0.2) is 61.1 Å². The summed E-state index contributed by atoms with van der Waals surface area (Å²) in [4.78, 5) is 15.7. The number of likely N-dealkylation sites (tertiary alicyclic amines) is 1. The zero-order valence-electron chi connectivity index (χ0n) is 9.77. The highest BCUT2D eigenvalue weighted by atomic mass is 16.5. The Hall–Kier alpha value is -0.610. The van der Waals surface area contributed by atoms with E-state index in [2.05, 4.69) is 18.7 Å². The molecule has 4 nitrogen and oxygen atoms in total. The summed E-state index contributed by atoms with van der Waals surface area (Å²) >= 11 is 0. The summed E-state index contributed by atoms with van der Waals surface area (Å²) in [6.45, 7) is 7.73. The van der Waals surface area contributed by atoms with Gasteiger partial charge in [0.1, 0.15) is 6.61 Å². The predicted octanol–water partition coefficient (Wildman–Crippen LogP) is 0.184. The lowest BCUT2D eigenvalue weighted by atomic mass is 10.1. The Morgan fingerprint density at radius 1 is 1.47 bits per heavy atom. The van der Waals surface area contributed by atoms with E-state index >= 15 is 0 Å². The fraction of sp³-hybridized carbons (Fsp3) is 0.909. The van der Waals surface area contributed by atoms with E-state index in [-0.39, 0.29) is 24.7 Å². The minimum absolute atomic E-state index is 0.114. The molecule has 2 atom stereocenters. The van der Waals surface area contributed by atoms with Crippen molar-refractivity contribution >= 4 is 5.91 Å². The van der Waals surface area contributed by atoms with Gasteiger partial charge in [0.05, 0.1) is 12.1 Å². The van der Waals surface area contributed by atoms with Crippen molar-refractivity contribution < 1.29 is 9.53 Å². The van der Waals surface area contributed by atoms with Crippen molar-refractivity contribution in [3.05, 3.63) is 0 Å². The van der Waals surface area contributed by atoms with Crippen LogP contribution in [0.3, 0.4) is 0 Å². The van der Waals surface area contributed by atoms with Crippen molar-refractivity contribution in [1.82, 2.24) is 9.80 Å². The number of hydrogen-bond donors (Lipinski definition) is 0. The Labute approximate surface area is 91.2 Å². The number of fused-ring (bicyclic) bond motifs is 1. The molecule has 0 bridgehead atoms. The molecule has 0 spiro atoms. The van der Waals surface area contributed by atoms with Crippen LogP contribution in [0.4, 0.5) is 0 Å². The number of amides is 1. The molecule has 2 aliphatic heterocycles. The number of likely N-dealkylation sites (N-methyl/N-ethyl adjacent to an activating group) is 1. The van der Waals surface area contributed by atoms with Crippen LogP contribution in [0.15, 0.2) is 0 Å². The van der Waals surface area contributed by atoms with Crippen LogP contribution in [0.25, 0.3) is 0 Å². The standard InChI is InChI=1S/C11H20N2O2/c1-8(2)4-13-5-9-10(6-13)15-7-11(14)12(9)3/h8-10H,4-7H2,1-3H3/t9-,10+/m1/s1. The first-order chi connectivity index (χ1) is 7.08. The number of morpholine rings is 1. The van der Waals surface area contributed by atoms with Gasteiger partial charge in [-0.1, -0.05) is 13.8 Å². The van der Waals surface area contributed by atoms with Gasteiger partial charge in [-0.05, 0) is 5.92 Å². The summed E-state index contributed by atoms with van der Waals surface area (Å²) in [5.74, 6) is 0.786. The second-order valence-corrected chi connectivity index (χ2v) is 5.03. The smallest absolute Gasteiger partial charge is 0.248 e. The Morgan fingerprint density at radius 3 is 2.87 bits per heavy atom. The number of ether oxygens (including phenoxy) is 1. The van der Waals surface area contributed by atoms with Crippen molar-refractivity contribution in [3.8, 4) is 0 Å². The molecular weight excluding hydrogens is 192 g/mol. The number of nitrogens with zero attached hydrogens (tertiary/aromatic N) is 2. The Morgan fingerprint density at radius 2 is 2.20 bits per heavy atom. The zero-order valence-corrected chi connectivity index (χ0v) is 9.77. The quantitative estimate of drug-likeness (QED) is 0.655. The van der Waals surface area contributed by atoms with E-state index in [9.17, 15) is 4.79 Å². The van der Waals surface area contributed by atoms with E-state index < -0.39 is 0 Å². The van der Waals surface area contributed by atoms with Crippen molar-refractivity contribution in [3.63, 3.8) is 0 Å². The molecule has 2 heterocycles. The second-order valence-electron chi connectivity index (χ2n) is 5.03. The average Bonchev–Trinajstić information content (AvgIpc) is 2.54. The molecule has 0 aromatic carbocycles. The molecule has 86 valence electrons. The zero-order chi connectivity index (χ0) is 11.0. The molecule has 2 saturated heterocycles. The van der Waals surface area contributed by atoms with Gasteiger partial charge < -0.3 is 9.64 Å². The van der Waals surface area contributed by atoms with Crippen LogP contribution in [0.2, 0.25) is 0 Å². The van der Waals surface area contributed by atoms with E-state index in [0.717, 1.165) is 19.6 Å². The number of rotatable bonds is 2. The van der Waals surface area contributed by atoms with Crippen molar-refractivity contribution in [2.45, 2.75) is 26.0 Å². The fourth-order valence-electron chi connectivity index (χ4n) is 2.50. The van der Waals surface area contributed by atoms with Crippen molar-refractivity contribution in [2.75, 3.05) is 33.3 Å². The lowest BCUT2D eigenvalue weighted by Gasteiger charge is -2.33. The van der Waals surface area contributed by atoms with Gasteiger partial charge >= 0.3 is 0 Å². The summed E-state index contributed by atoms with van der Waals surface area (Å²) < 4.78 is 5.56. The second kappa shape index (κ2) is 4.10. The molecule has 0 N–H and O–H groups in total. The topological polar surface area (TPSA) is 32.8 Å². The maximum absolute atomic E-state index is 11.4. The predicted molar refractivity (Wildman–Crippen MR) is 57.6 cm³/mol. The normalized spacial score (nSPS) is 32.5. The summed E-state index contributed by atoms with van der Waals surface area (Å²) in [5, 5.41) is 0. The number of carbonyl (C=O) groups is 1. The van der Waals surface area contributed by atoms with Gasteiger partial charge in [0.25, 0.3) is 0 Å². The molecule has 2 aliphatic rings. The van der Waals surface area contributed by atoms with E-state index in [1.165, 1.54) is 0 Å². The maximum Gasteiger partial charge on any atom is 0.248 e. The van der Waals surface area contributed by atoms with E-state index in [4.69, 9.17) is 4.74 Å². The summed E-state index contributed by atoms with van der Waals surface area (Å²) in [6, 6.07) is 0.269. The van der Waals surface area contributed by atoms with Crippen LogP contribution in [0.5, 0.6) is 0 Å². The number of carbonyl (C=O) groups excluding carboxylic acids is 1. The third kappa shape index (κ3) is 2.16. The molecule has 0 aliphatic carbocycles. The van der Waals surface area contributed by atoms with Gasteiger partial charge in [-0.2, -0.15) is 0 Å². The lowest BCUT2D eigenvalue weighted by Crippen LogP contribution is -2.51. The van der Waals surface area contributed by atoms with Gasteiger partial charge in [0.15, 0.2) is 0 Å². The highest BCUT2D eigenvalue weighted by molar-refractivity contribution is 5.78. The van der Waals surface area contributed by atoms with Gasteiger partial charge in [0.2, 0.25) is 5.91 Å². The van der Waals surface area contributed by atoms with Crippen molar-refractivity contribution in [1.29, 1.82) is 0 Å². The summed E-state index contributed by atoms with van der Waals surface area (Å²) in [6.07, 6.45) is 0.228. The molecule has 0 radical (unpaired) electrons. The van der Waals surface area contributed by atoms with Gasteiger partial charge in [0, 0.05) is 26.7 Å². The molecule has 15 heavy (non-hydrogen) atoms. The van der Waals surface area contributed by atoms with Crippen LogP contribution >= 0.6 is 0 Å². The molecule has 0 aromatic heterocycles. The minimum Gasteiger partial charge on any atom is -0.365 e. The Bertz CT molecular complexity index is 255. The molecule has 2 fully saturated rings. The first-order valence-corrected chi connectivity index (χ1v) is 5.67. The molecular formula is C11H20N2O2. The summed E-state index contributed by atoms with van der Waals surface area (Å²) in [7, 11) is 1.89. The third-order valence-corrected chi connectivity index (χ3v) is 3.25. The molecule has 2 rings (SSSR count). The first kappa shape index (κ1) is 10.9. The molecule has 0 unspecified atom stereocenters. The Balaban J connectivity index is 1.97. The van der Waals surface area contributed by atoms with Crippen LogP contribution in [-0.2, 0) is 9.53 Å². The highest BCUT2D eigenvalue weighted by Crippen LogP contribution is 2.22. The minimum atomic E-state index is 0.114. The molecule has 0 aromatic rings.